The van der Waals surface area contributed by atoms with Gasteiger partial charge in [0.15, 0.2) is 0 Å². The quantitative estimate of drug-likeness (QED) is 0.619. The van der Waals surface area contributed by atoms with Gasteiger partial charge in [-0.25, -0.2) is 0 Å². The van der Waals surface area contributed by atoms with Crippen molar-refractivity contribution in [2.75, 3.05) is 38.1 Å². The summed E-state index contributed by atoms with van der Waals surface area (Å²) in [5, 5.41) is 2.68. The van der Waals surface area contributed by atoms with Crippen molar-refractivity contribution >= 4 is 11.6 Å². The van der Waals surface area contributed by atoms with Crippen molar-refractivity contribution < 1.29 is 18.0 Å². The van der Waals surface area contributed by atoms with Gasteiger partial charge >= 0.3 is 6.18 Å². The third-order valence-corrected chi connectivity index (χ3v) is 5.76. The number of hydrogen-bond donors (Lipinski definition) is 1. The van der Waals surface area contributed by atoms with E-state index in [4.69, 9.17) is 0 Å². The molecule has 0 bridgehead atoms. The zero-order chi connectivity index (χ0) is 23.4. The highest BCUT2D eigenvalue weighted by molar-refractivity contribution is 5.95. The normalized spacial score (nSPS) is 14.8. The smallest absolute Gasteiger partial charge is 0.369 e. The van der Waals surface area contributed by atoms with Crippen molar-refractivity contribution in [3.05, 3.63) is 83.6 Å². The number of piperazine rings is 1. The lowest BCUT2D eigenvalue weighted by Crippen LogP contribution is -2.44. The Morgan fingerprint density at radius 3 is 2.42 bits per heavy atom. The Kier molecular flexibility index (Phi) is 6.65. The molecule has 0 unspecified atom stereocenters. The van der Waals surface area contributed by atoms with Crippen LogP contribution in [0.5, 0.6) is 0 Å². The number of anilines is 1. The maximum Gasteiger partial charge on any atom is 0.416 e. The summed E-state index contributed by atoms with van der Waals surface area (Å²) in [6, 6.07) is 16.3. The molecule has 0 radical (unpaired) electrons. The van der Waals surface area contributed by atoms with Crippen LogP contribution in [-0.2, 0) is 12.7 Å². The summed E-state index contributed by atoms with van der Waals surface area (Å²) in [7, 11) is 2.12. The molecule has 2 aromatic carbocycles. The van der Waals surface area contributed by atoms with E-state index in [2.05, 4.69) is 39.3 Å². The van der Waals surface area contributed by atoms with E-state index in [1.165, 1.54) is 6.07 Å². The number of pyridine rings is 1. The number of amides is 1. The highest BCUT2D eigenvalue weighted by atomic mass is 19.4. The maximum absolute atomic E-state index is 12.9. The second-order valence-corrected chi connectivity index (χ2v) is 8.15. The topological polar surface area (TPSA) is 48.5 Å². The number of benzene rings is 2. The molecule has 8 heteroatoms. The third-order valence-electron chi connectivity index (χ3n) is 5.76. The molecule has 172 valence electrons. The van der Waals surface area contributed by atoms with Crippen molar-refractivity contribution in [1.29, 1.82) is 0 Å². The molecule has 3 aromatic rings. The maximum atomic E-state index is 12.9. The molecular formula is C25H25F3N4O. The van der Waals surface area contributed by atoms with Gasteiger partial charge in [-0.15, -0.1) is 0 Å². The zero-order valence-electron chi connectivity index (χ0n) is 18.3. The molecule has 0 saturated carbocycles. The van der Waals surface area contributed by atoms with Crippen LogP contribution in [0.15, 0.2) is 66.9 Å². The first-order chi connectivity index (χ1) is 15.8. The van der Waals surface area contributed by atoms with Gasteiger partial charge in [0.25, 0.3) is 5.91 Å². The lowest BCUT2D eigenvalue weighted by Gasteiger charge is -2.34. The minimum absolute atomic E-state index is 0.000129. The van der Waals surface area contributed by atoms with Gasteiger partial charge in [-0.2, -0.15) is 13.2 Å². The summed E-state index contributed by atoms with van der Waals surface area (Å²) in [5.41, 5.74) is 2.75. The van der Waals surface area contributed by atoms with Gasteiger partial charge in [0.2, 0.25) is 0 Å². The second kappa shape index (κ2) is 9.62. The lowest BCUT2D eigenvalue weighted by atomic mass is 10.1. The highest BCUT2D eigenvalue weighted by Crippen LogP contribution is 2.29. The molecule has 4 rings (SSSR count). The van der Waals surface area contributed by atoms with Gasteiger partial charge in [0, 0.05) is 55.7 Å². The SMILES string of the molecule is CN1CCN(c2ccc(-c3cc(C(=O)NCc4cccc(C(F)(F)F)c4)ccn3)cc2)CC1. The molecule has 1 amide bonds. The Morgan fingerprint density at radius 1 is 1.00 bits per heavy atom. The largest absolute Gasteiger partial charge is 0.416 e. The van der Waals surface area contributed by atoms with Crippen LogP contribution in [0, 0.1) is 0 Å². The molecule has 0 spiro atoms. The molecule has 5 nitrogen and oxygen atoms in total. The van der Waals surface area contributed by atoms with E-state index >= 15 is 0 Å². The van der Waals surface area contributed by atoms with Crippen LogP contribution in [-0.4, -0.2) is 49.0 Å². The zero-order valence-corrected chi connectivity index (χ0v) is 18.3. The van der Waals surface area contributed by atoms with Gasteiger partial charge < -0.3 is 15.1 Å². The summed E-state index contributed by atoms with van der Waals surface area (Å²) in [6.45, 7) is 4.02. The van der Waals surface area contributed by atoms with Crippen molar-refractivity contribution in [2.45, 2.75) is 12.7 Å². The molecule has 1 aliphatic rings. The van der Waals surface area contributed by atoms with Gasteiger partial charge in [0.1, 0.15) is 0 Å². The van der Waals surface area contributed by atoms with Crippen molar-refractivity contribution in [1.82, 2.24) is 15.2 Å². The van der Waals surface area contributed by atoms with Crippen molar-refractivity contribution in [2.24, 2.45) is 0 Å². The van der Waals surface area contributed by atoms with E-state index in [9.17, 15) is 18.0 Å². The van der Waals surface area contributed by atoms with Crippen LogP contribution in [0.3, 0.4) is 0 Å². The molecule has 1 N–H and O–H groups in total. The van der Waals surface area contributed by atoms with Gasteiger partial charge in [-0.1, -0.05) is 24.3 Å². The van der Waals surface area contributed by atoms with E-state index in [1.54, 1.807) is 24.4 Å². The van der Waals surface area contributed by atoms with Crippen LogP contribution >= 0.6 is 0 Å². The number of likely N-dealkylation sites (N-methyl/N-ethyl adjacent to an activating group) is 1. The van der Waals surface area contributed by atoms with E-state index in [0.29, 0.717) is 16.8 Å². The summed E-state index contributed by atoms with van der Waals surface area (Å²) in [6.07, 6.45) is -2.86. The Hall–Kier alpha value is -3.39. The molecule has 2 heterocycles. The Morgan fingerprint density at radius 2 is 1.73 bits per heavy atom. The van der Waals surface area contributed by atoms with E-state index < -0.39 is 11.7 Å². The molecule has 1 aliphatic heterocycles. The lowest BCUT2D eigenvalue weighted by molar-refractivity contribution is -0.137. The molecule has 1 saturated heterocycles. The Balaban J connectivity index is 1.42. The summed E-state index contributed by atoms with van der Waals surface area (Å²) < 4.78 is 38.7. The number of carbonyl (C=O) groups excluding carboxylic acids is 1. The van der Waals surface area contributed by atoms with E-state index in [1.807, 2.05) is 12.1 Å². The highest BCUT2D eigenvalue weighted by Gasteiger charge is 2.30. The van der Waals surface area contributed by atoms with Crippen molar-refractivity contribution in [3.63, 3.8) is 0 Å². The molecule has 1 fully saturated rings. The van der Waals surface area contributed by atoms with Gasteiger partial charge in [-0.05, 0) is 49.0 Å². The fourth-order valence-corrected chi connectivity index (χ4v) is 3.78. The van der Waals surface area contributed by atoms with Gasteiger partial charge in [0.05, 0.1) is 11.3 Å². The van der Waals surface area contributed by atoms with E-state index in [0.717, 1.165) is 49.6 Å². The molecule has 0 atom stereocenters. The van der Waals surface area contributed by atoms with E-state index in [-0.39, 0.29) is 12.5 Å². The average Bonchev–Trinajstić information content (AvgIpc) is 2.83. The first-order valence-corrected chi connectivity index (χ1v) is 10.7. The summed E-state index contributed by atoms with van der Waals surface area (Å²) >= 11 is 0. The molecule has 0 aliphatic carbocycles. The monoisotopic (exact) mass is 454 g/mol. The number of rotatable bonds is 5. The van der Waals surface area contributed by atoms with Gasteiger partial charge in [-0.3, -0.25) is 9.78 Å². The predicted octanol–water partition coefficient (Wildman–Crippen LogP) is 4.45. The fraction of sp³-hybridized carbons (Fsp3) is 0.280. The standard InChI is InChI=1S/C25H25F3N4O/c1-31-11-13-32(14-12-31)22-7-5-19(6-8-22)23-16-20(9-10-29-23)24(33)30-17-18-3-2-4-21(15-18)25(26,27)28/h2-10,15-16H,11-14,17H2,1H3,(H,30,33). The number of carbonyl (C=O) groups is 1. The number of hydrogen-bond acceptors (Lipinski definition) is 4. The molecular weight excluding hydrogens is 429 g/mol. The van der Waals surface area contributed by atoms with Crippen molar-refractivity contribution in [3.8, 4) is 11.3 Å². The summed E-state index contributed by atoms with van der Waals surface area (Å²) in [5.74, 6) is -0.370. The first kappa shape index (κ1) is 22.8. The number of alkyl halides is 3. The predicted molar refractivity (Wildman–Crippen MR) is 122 cm³/mol. The summed E-state index contributed by atoms with van der Waals surface area (Å²) in [4.78, 5) is 21.6. The van der Waals surface area contributed by atoms with Crippen LogP contribution in [0.2, 0.25) is 0 Å². The molecule has 33 heavy (non-hydrogen) atoms. The van der Waals surface area contributed by atoms with Crippen LogP contribution in [0.1, 0.15) is 21.5 Å². The van der Waals surface area contributed by atoms with Crippen LogP contribution in [0.4, 0.5) is 18.9 Å². The number of halogens is 3. The van der Waals surface area contributed by atoms with Crippen LogP contribution in [0.25, 0.3) is 11.3 Å². The number of aromatic nitrogens is 1. The minimum Gasteiger partial charge on any atom is -0.369 e. The average molecular weight is 454 g/mol. The minimum atomic E-state index is -4.42. The number of nitrogens with zero attached hydrogens (tertiary/aromatic N) is 3. The Labute approximate surface area is 190 Å². The van der Waals surface area contributed by atoms with Crippen LogP contribution < -0.4 is 10.2 Å². The number of nitrogens with one attached hydrogen (secondary N) is 1. The first-order valence-electron chi connectivity index (χ1n) is 10.7. The fourth-order valence-electron chi connectivity index (χ4n) is 3.78. The third kappa shape index (κ3) is 5.70. The Bertz CT molecular complexity index is 1110. The second-order valence-electron chi connectivity index (χ2n) is 8.15. The molecule has 1 aromatic heterocycles.